The number of aromatic nitrogens is 2. The summed E-state index contributed by atoms with van der Waals surface area (Å²) >= 11 is 3.35. The standard InChI is InChI=1S/C10H13BrN2O3/c1-15-10(14)7-6-12-13(9(7)11)8-4-2-3-5-16-8/h6,8H,2-5H2,1H3/t8-/m1/s1. The molecule has 16 heavy (non-hydrogen) atoms. The fourth-order valence-electron chi connectivity index (χ4n) is 1.71. The molecule has 5 nitrogen and oxygen atoms in total. The molecule has 6 heteroatoms. The Bertz CT molecular complexity index is 385. The first-order valence-electron chi connectivity index (χ1n) is 5.17. The highest BCUT2D eigenvalue weighted by atomic mass is 79.9. The molecule has 1 aromatic rings. The number of carbonyl (C=O) groups is 1. The van der Waals surface area contributed by atoms with Crippen molar-refractivity contribution in [2.75, 3.05) is 13.7 Å². The highest BCUT2D eigenvalue weighted by Gasteiger charge is 2.23. The SMILES string of the molecule is COC(=O)c1cnn([C@H]2CCCCO2)c1Br. The van der Waals surface area contributed by atoms with Crippen LogP contribution in [0.4, 0.5) is 0 Å². The maximum atomic E-state index is 11.4. The Labute approximate surface area is 102 Å². The van der Waals surface area contributed by atoms with Gasteiger partial charge in [0.1, 0.15) is 10.2 Å². The normalized spacial score (nSPS) is 20.8. The first-order valence-corrected chi connectivity index (χ1v) is 5.96. The first kappa shape index (κ1) is 11.6. The number of halogens is 1. The highest BCUT2D eigenvalue weighted by molar-refractivity contribution is 9.10. The van der Waals surface area contributed by atoms with Crippen molar-refractivity contribution in [3.63, 3.8) is 0 Å². The van der Waals surface area contributed by atoms with Gasteiger partial charge in [-0.2, -0.15) is 5.10 Å². The first-order chi connectivity index (χ1) is 7.74. The minimum Gasteiger partial charge on any atom is -0.465 e. The van der Waals surface area contributed by atoms with E-state index in [1.807, 2.05) is 0 Å². The fourth-order valence-corrected chi connectivity index (χ4v) is 2.30. The van der Waals surface area contributed by atoms with E-state index >= 15 is 0 Å². The third-order valence-corrected chi connectivity index (χ3v) is 3.36. The van der Waals surface area contributed by atoms with Crippen LogP contribution in [0, 0.1) is 0 Å². The molecular formula is C10H13BrN2O3. The van der Waals surface area contributed by atoms with E-state index in [4.69, 9.17) is 4.74 Å². The molecule has 2 rings (SSSR count). The molecule has 1 atom stereocenters. The summed E-state index contributed by atoms with van der Waals surface area (Å²) in [6.45, 7) is 0.741. The molecule has 1 aromatic heterocycles. The van der Waals surface area contributed by atoms with Gasteiger partial charge in [-0.25, -0.2) is 9.48 Å². The van der Waals surface area contributed by atoms with Gasteiger partial charge in [-0.1, -0.05) is 0 Å². The van der Waals surface area contributed by atoms with Crippen LogP contribution in [0.3, 0.4) is 0 Å². The molecule has 1 aliphatic heterocycles. The maximum Gasteiger partial charge on any atom is 0.342 e. The summed E-state index contributed by atoms with van der Waals surface area (Å²) in [5, 5.41) is 4.15. The quantitative estimate of drug-likeness (QED) is 0.783. The Kier molecular flexibility index (Phi) is 3.60. The largest absolute Gasteiger partial charge is 0.465 e. The summed E-state index contributed by atoms with van der Waals surface area (Å²) in [6, 6.07) is 0. The number of rotatable bonds is 2. The van der Waals surface area contributed by atoms with Crippen LogP contribution in [0.1, 0.15) is 35.8 Å². The second-order valence-corrected chi connectivity index (χ2v) is 4.36. The zero-order valence-electron chi connectivity index (χ0n) is 8.98. The van der Waals surface area contributed by atoms with Crippen LogP contribution in [0.2, 0.25) is 0 Å². The molecule has 0 bridgehead atoms. The monoisotopic (exact) mass is 288 g/mol. The van der Waals surface area contributed by atoms with E-state index in [2.05, 4.69) is 25.8 Å². The topological polar surface area (TPSA) is 53.3 Å². The Balaban J connectivity index is 2.21. The van der Waals surface area contributed by atoms with Gasteiger partial charge in [0.15, 0.2) is 6.23 Å². The summed E-state index contributed by atoms with van der Waals surface area (Å²) < 4.78 is 12.5. The van der Waals surface area contributed by atoms with Crippen molar-refractivity contribution in [1.82, 2.24) is 9.78 Å². The van der Waals surface area contributed by atoms with E-state index in [0.717, 1.165) is 25.9 Å². The molecule has 1 saturated heterocycles. The second-order valence-electron chi connectivity index (χ2n) is 3.61. The second kappa shape index (κ2) is 4.97. The van der Waals surface area contributed by atoms with Gasteiger partial charge in [-0.3, -0.25) is 0 Å². The number of carbonyl (C=O) groups excluding carboxylic acids is 1. The lowest BCUT2D eigenvalue weighted by Gasteiger charge is -2.23. The number of ether oxygens (including phenoxy) is 2. The third kappa shape index (κ3) is 2.12. The van der Waals surface area contributed by atoms with E-state index in [1.54, 1.807) is 4.68 Å². The molecule has 1 aliphatic rings. The van der Waals surface area contributed by atoms with Crippen LogP contribution in [-0.2, 0) is 9.47 Å². The van der Waals surface area contributed by atoms with Gasteiger partial charge in [0, 0.05) is 6.61 Å². The van der Waals surface area contributed by atoms with Crippen LogP contribution in [0.25, 0.3) is 0 Å². The highest BCUT2D eigenvalue weighted by Crippen LogP contribution is 2.27. The molecule has 0 N–H and O–H groups in total. The van der Waals surface area contributed by atoms with Crippen molar-refractivity contribution < 1.29 is 14.3 Å². The lowest BCUT2D eigenvalue weighted by Crippen LogP contribution is -2.19. The summed E-state index contributed by atoms with van der Waals surface area (Å²) in [6.07, 6.45) is 4.53. The summed E-state index contributed by atoms with van der Waals surface area (Å²) in [5.41, 5.74) is 0.427. The van der Waals surface area contributed by atoms with E-state index in [9.17, 15) is 4.79 Å². The molecule has 0 radical (unpaired) electrons. The van der Waals surface area contributed by atoms with E-state index in [0.29, 0.717) is 10.2 Å². The fraction of sp³-hybridized carbons (Fsp3) is 0.600. The molecule has 0 saturated carbocycles. The van der Waals surface area contributed by atoms with Crippen LogP contribution in [-0.4, -0.2) is 29.5 Å². The van der Waals surface area contributed by atoms with Crippen LogP contribution < -0.4 is 0 Å². The van der Waals surface area contributed by atoms with Gasteiger partial charge in [-0.05, 0) is 35.2 Å². The molecule has 0 aliphatic carbocycles. The van der Waals surface area contributed by atoms with Crippen molar-refractivity contribution >= 4 is 21.9 Å². The van der Waals surface area contributed by atoms with Gasteiger partial charge in [-0.15, -0.1) is 0 Å². The lowest BCUT2D eigenvalue weighted by atomic mass is 10.2. The number of hydrogen-bond donors (Lipinski definition) is 0. The van der Waals surface area contributed by atoms with E-state index in [-0.39, 0.29) is 6.23 Å². The van der Waals surface area contributed by atoms with Gasteiger partial charge >= 0.3 is 5.97 Å². The Hall–Kier alpha value is -0.880. The summed E-state index contributed by atoms with van der Waals surface area (Å²) in [5.74, 6) is -0.395. The van der Waals surface area contributed by atoms with Gasteiger partial charge in [0.2, 0.25) is 0 Å². The van der Waals surface area contributed by atoms with Gasteiger partial charge < -0.3 is 9.47 Å². The Morgan fingerprint density at radius 3 is 3.12 bits per heavy atom. The molecule has 0 aromatic carbocycles. The van der Waals surface area contributed by atoms with Gasteiger partial charge in [0.05, 0.1) is 13.3 Å². The molecular weight excluding hydrogens is 276 g/mol. The number of hydrogen-bond acceptors (Lipinski definition) is 4. The number of nitrogens with zero attached hydrogens (tertiary/aromatic N) is 2. The zero-order valence-corrected chi connectivity index (χ0v) is 10.6. The Morgan fingerprint density at radius 2 is 2.50 bits per heavy atom. The molecule has 1 fully saturated rings. The van der Waals surface area contributed by atoms with Crippen molar-refractivity contribution in [3.05, 3.63) is 16.4 Å². The number of methoxy groups -OCH3 is 1. The van der Waals surface area contributed by atoms with Crippen molar-refractivity contribution in [1.29, 1.82) is 0 Å². The van der Waals surface area contributed by atoms with Crippen LogP contribution in [0.5, 0.6) is 0 Å². The van der Waals surface area contributed by atoms with Crippen molar-refractivity contribution in [2.45, 2.75) is 25.5 Å². The molecule has 2 heterocycles. The van der Waals surface area contributed by atoms with Crippen molar-refractivity contribution in [3.8, 4) is 0 Å². The minimum absolute atomic E-state index is 0.0819. The van der Waals surface area contributed by atoms with Crippen LogP contribution in [0.15, 0.2) is 10.8 Å². The average Bonchev–Trinajstić information content (AvgIpc) is 2.71. The summed E-state index contributed by atoms with van der Waals surface area (Å²) in [4.78, 5) is 11.4. The number of esters is 1. The smallest absolute Gasteiger partial charge is 0.342 e. The maximum absolute atomic E-state index is 11.4. The Morgan fingerprint density at radius 1 is 1.69 bits per heavy atom. The van der Waals surface area contributed by atoms with Crippen molar-refractivity contribution in [2.24, 2.45) is 0 Å². The minimum atomic E-state index is -0.395. The molecule has 0 amide bonds. The van der Waals surface area contributed by atoms with Crippen LogP contribution >= 0.6 is 15.9 Å². The lowest BCUT2D eigenvalue weighted by molar-refractivity contribution is -0.0409. The molecule has 0 spiro atoms. The predicted molar refractivity (Wildman–Crippen MR) is 60.1 cm³/mol. The predicted octanol–water partition coefficient (Wildman–Crippen LogP) is 2.13. The van der Waals surface area contributed by atoms with Gasteiger partial charge in [0.25, 0.3) is 0 Å². The van der Waals surface area contributed by atoms with E-state index in [1.165, 1.54) is 13.3 Å². The third-order valence-electron chi connectivity index (χ3n) is 2.57. The molecule has 88 valence electrons. The molecule has 0 unspecified atom stereocenters. The zero-order chi connectivity index (χ0) is 11.5. The summed E-state index contributed by atoms with van der Waals surface area (Å²) in [7, 11) is 1.35. The van der Waals surface area contributed by atoms with E-state index < -0.39 is 5.97 Å². The average molecular weight is 289 g/mol.